The third kappa shape index (κ3) is 4.40. The largest absolute Gasteiger partial charge is 0.478 e. The summed E-state index contributed by atoms with van der Waals surface area (Å²) in [6.07, 6.45) is 0.557. The lowest BCUT2D eigenvalue weighted by Crippen LogP contribution is -2.38. The van der Waals surface area contributed by atoms with E-state index in [9.17, 15) is 9.50 Å². The maximum atomic E-state index is 13.2. The van der Waals surface area contributed by atoms with Crippen molar-refractivity contribution in [3.63, 3.8) is 0 Å². The average molecular weight is 398 g/mol. The maximum Gasteiger partial charge on any atom is 0.142 e. The molecule has 2 aromatic carbocycles. The number of morpholine rings is 1. The van der Waals surface area contributed by atoms with Crippen LogP contribution in [0.5, 0.6) is 5.75 Å². The molecular formula is C21H23FN4O3. The van der Waals surface area contributed by atoms with Crippen LogP contribution in [0.4, 0.5) is 10.2 Å². The SMILES string of the molecule is Nc1c(C(O)c2cccc(OCN3CCOCC3)c2)cnn1-c1ccc(F)cc1. The number of ether oxygens (including phenoxy) is 2. The molecule has 1 unspecified atom stereocenters. The zero-order valence-electron chi connectivity index (χ0n) is 15.9. The van der Waals surface area contributed by atoms with E-state index in [-0.39, 0.29) is 5.82 Å². The number of nitrogens with zero attached hydrogens (tertiary/aromatic N) is 3. The van der Waals surface area contributed by atoms with Crippen LogP contribution in [0.2, 0.25) is 0 Å². The van der Waals surface area contributed by atoms with Gasteiger partial charge in [0.1, 0.15) is 30.2 Å². The normalized spacial score (nSPS) is 15.9. The molecule has 0 spiro atoms. The Labute approximate surface area is 168 Å². The summed E-state index contributed by atoms with van der Waals surface area (Å²) in [5.41, 5.74) is 7.94. The fourth-order valence-electron chi connectivity index (χ4n) is 3.22. The summed E-state index contributed by atoms with van der Waals surface area (Å²) in [5, 5.41) is 15.1. The molecule has 0 aliphatic carbocycles. The molecule has 29 heavy (non-hydrogen) atoms. The summed E-state index contributed by atoms with van der Waals surface area (Å²) in [4.78, 5) is 2.16. The molecule has 1 aliphatic heterocycles. The van der Waals surface area contributed by atoms with E-state index >= 15 is 0 Å². The van der Waals surface area contributed by atoms with Crippen LogP contribution in [0, 0.1) is 5.82 Å². The molecule has 152 valence electrons. The fourth-order valence-corrected chi connectivity index (χ4v) is 3.22. The number of benzene rings is 2. The molecule has 8 heteroatoms. The van der Waals surface area contributed by atoms with E-state index in [0.29, 0.717) is 48.3 Å². The summed E-state index contributed by atoms with van der Waals surface area (Å²) >= 11 is 0. The first-order valence-electron chi connectivity index (χ1n) is 9.42. The molecule has 1 aliphatic rings. The topological polar surface area (TPSA) is 85.8 Å². The van der Waals surface area contributed by atoms with E-state index in [0.717, 1.165) is 13.1 Å². The second-order valence-electron chi connectivity index (χ2n) is 6.85. The van der Waals surface area contributed by atoms with E-state index in [1.807, 2.05) is 12.1 Å². The lowest BCUT2D eigenvalue weighted by Gasteiger charge is -2.26. The highest BCUT2D eigenvalue weighted by Crippen LogP contribution is 2.30. The summed E-state index contributed by atoms with van der Waals surface area (Å²) in [7, 11) is 0. The first kappa shape index (κ1) is 19.4. The summed E-state index contributed by atoms with van der Waals surface area (Å²) in [5.74, 6) is 0.620. The second kappa shape index (κ2) is 8.60. The lowest BCUT2D eigenvalue weighted by atomic mass is 10.0. The Balaban J connectivity index is 1.49. The van der Waals surface area contributed by atoms with Crippen molar-refractivity contribution >= 4 is 5.82 Å². The third-order valence-electron chi connectivity index (χ3n) is 4.89. The van der Waals surface area contributed by atoms with Gasteiger partial charge in [-0.2, -0.15) is 5.10 Å². The van der Waals surface area contributed by atoms with Crippen LogP contribution in [-0.2, 0) is 4.74 Å². The molecule has 1 saturated heterocycles. The fraction of sp³-hybridized carbons (Fsp3) is 0.286. The van der Waals surface area contributed by atoms with Crippen molar-refractivity contribution < 1.29 is 19.0 Å². The van der Waals surface area contributed by atoms with Gasteiger partial charge in [-0.15, -0.1) is 0 Å². The van der Waals surface area contributed by atoms with Gasteiger partial charge in [0.25, 0.3) is 0 Å². The first-order chi connectivity index (χ1) is 14.1. The Morgan fingerprint density at radius 3 is 2.69 bits per heavy atom. The zero-order valence-corrected chi connectivity index (χ0v) is 15.9. The number of hydrogen-bond acceptors (Lipinski definition) is 6. The van der Waals surface area contributed by atoms with Gasteiger partial charge in [-0.3, -0.25) is 4.90 Å². The maximum absolute atomic E-state index is 13.2. The van der Waals surface area contributed by atoms with Gasteiger partial charge in [0.2, 0.25) is 0 Å². The quantitative estimate of drug-likeness (QED) is 0.663. The van der Waals surface area contributed by atoms with Gasteiger partial charge >= 0.3 is 0 Å². The number of aliphatic hydroxyl groups is 1. The zero-order chi connectivity index (χ0) is 20.2. The van der Waals surface area contributed by atoms with Crippen molar-refractivity contribution in [3.8, 4) is 11.4 Å². The van der Waals surface area contributed by atoms with Gasteiger partial charge in [0.15, 0.2) is 0 Å². The van der Waals surface area contributed by atoms with Gasteiger partial charge in [-0.05, 0) is 42.0 Å². The van der Waals surface area contributed by atoms with Gasteiger partial charge in [-0.25, -0.2) is 9.07 Å². The van der Waals surface area contributed by atoms with Gasteiger partial charge < -0.3 is 20.3 Å². The predicted octanol–water partition coefficient (Wildman–Crippen LogP) is 2.34. The molecule has 1 atom stereocenters. The van der Waals surface area contributed by atoms with Crippen molar-refractivity contribution in [2.24, 2.45) is 0 Å². The highest BCUT2D eigenvalue weighted by atomic mass is 19.1. The Kier molecular flexibility index (Phi) is 5.75. The van der Waals surface area contributed by atoms with E-state index in [2.05, 4.69) is 10.00 Å². The second-order valence-corrected chi connectivity index (χ2v) is 6.85. The Bertz CT molecular complexity index is 955. The van der Waals surface area contributed by atoms with Crippen molar-refractivity contribution in [2.75, 3.05) is 38.8 Å². The first-order valence-corrected chi connectivity index (χ1v) is 9.42. The number of hydrogen-bond donors (Lipinski definition) is 2. The highest BCUT2D eigenvalue weighted by Gasteiger charge is 2.19. The number of nitrogens with two attached hydrogens (primary N) is 1. The molecule has 1 aromatic heterocycles. The van der Waals surface area contributed by atoms with Crippen LogP contribution in [-0.4, -0.2) is 52.8 Å². The monoisotopic (exact) mass is 398 g/mol. The molecule has 2 heterocycles. The molecule has 4 rings (SSSR count). The Morgan fingerprint density at radius 1 is 1.17 bits per heavy atom. The van der Waals surface area contributed by atoms with Gasteiger partial charge in [0, 0.05) is 18.7 Å². The summed E-state index contributed by atoms with van der Waals surface area (Å²) < 4.78 is 25.8. The summed E-state index contributed by atoms with van der Waals surface area (Å²) in [6.45, 7) is 3.55. The van der Waals surface area contributed by atoms with Gasteiger partial charge in [-0.1, -0.05) is 12.1 Å². The molecule has 1 fully saturated rings. The standard InChI is InChI=1S/C21H23FN4O3/c22-16-4-6-17(7-5-16)26-21(23)19(13-24-26)20(27)15-2-1-3-18(12-15)29-14-25-8-10-28-11-9-25/h1-7,12-13,20,27H,8-11,14,23H2. The van der Waals surface area contributed by atoms with Crippen LogP contribution < -0.4 is 10.5 Å². The predicted molar refractivity (Wildman–Crippen MR) is 106 cm³/mol. The molecule has 0 saturated carbocycles. The molecule has 0 radical (unpaired) electrons. The van der Waals surface area contributed by atoms with E-state index in [1.54, 1.807) is 24.3 Å². The Hall–Kier alpha value is -2.94. The van der Waals surface area contributed by atoms with E-state index < -0.39 is 6.10 Å². The average Bonchev–Trinajstić information content (AvgIpc) is 3.14. The minimum absolute atomic E-state index is 0.295. The number of aromatic nitrogens is 2. The lowest BCUT2D eigenvalue weighted by molar-refractivity contribution is 0.00403. The minimum atomic E-state index is -0.962. The number of nitrogen functional groups attached to an aromatic ring is 1. The molecule has 0 amide bonds. The minimum Gasteiger partial charge on any atom is -0.478 e. The van der Waals surface area contributed by atoms with Crippen LogP contribution in [0.15, 0.2) is 54.7 Å². The number of aliphatic hydroxyl groups excluding tert-OH is 1. The number of anilines is 1. The van der Waals surface area contributed by atoms with Gasteiger partial charge in [0.05, 0.1) is 25.1 Å². The summed E-state index contributed by atoms with van der Waals surface area (Å²) in [6, 6.07) is 13.1. The highest BCUT2D eigenvalue weighted by molar-refractivity contribution is 5.50. The van der Waals surface area contributed by atoms with Crippen molar-refractivity contribution in [2.45, 2.75) is 6.10 Å². The molecule has 0 bridgehead atoms. The van der Waals surface area contributed by atoms with Crippen molar-refractivity contribution in [1.29, 1.82) is 0 Å². The van der Waals surface area contributed by atoms with E-state index in [4.69, 9.17) is 15.2 Å². The molecule has 3 N–H and O–H groups in total. The number of halogens is 1. The molecule has 3 aromatic rings. The Morgan fingerprint density at radius 2 is 1.93 bits per heavy atom. The number of rotatable bonds is 6. The third-order valence-corrected chi connectivity index (χ3v) is 4.89. The van der Waals surface area contributed by atoms with Crippen molar-refractivity contribution in [1.82, 2.24) is 14.7 Å². The smallest absolute Gasteiger partial charge is 0.142 e. The van der Waals surface area contributed by atoms with E-state index in [1.165, 1.54) is 23.0 Å². The van der Waals surface area contributed by atoms with Crippen LogP contribution >= 0.6 is 0 Å². The van der Waals surface area contributed by atoms with Crippen LogP contribution in [0.1, 0.15) is 17.2 Å². The van der Waals surface area contributed by atoms with Crippen LogP contribution in [0.3, 0.4) is 0 Å². The van der Waals surface area contributed by atoms with Crippen LogP contribution in [0.25, 0.3) is 5.69 Å². The van der Waals surface area contributed by atoms with Crippen molar-refractivity contribution in [3.05, 3.63) is 71.7 Å². The molecular weight excluding hydrogens is 375 g/mol. The molecule has 7 nitrogen and oxygen atoms in total.